The van der Waals surface area contributed by atoms with Gasteiger partial charge in [-0.25, -0.2) is 0 Å². The van der Waals surface area contributed by atoms with Gasteiger partial charge in [0.25, 0.3) is 5.56 Å². The molecule has 38 heavy (non-hydrogen) atoms. The SMILES string of the molecule is C=CCOc1c(OCC=C(C)C)c2ccc(NC(=O)C=Cc3ccccc3)cc2n(CCCCCC)c1=O. The highest BCUT2D eigenvalue weighted by atomic mass is 16.5. The lowest BCUT2D eigenvalue weighted by molar-refractivity contribution is -0.111. The molecule has 0 spiro atoms. The number of pyridine rings is 1. The summed E-state index contributed by atoms with van der Waals surface area (Å²) in [5, 5.41) is 3.67. The number of aryl methyl sites for hydroxylation is 1. The van der Waals surface area contributed by atoms with Gasteiger partial charge in [-0.2, -0.15) is 0 Å². The van der Waals surface area contributed by atoms with Crippen molar-refractivity contribution in [2.45, 2.75) is 53.0 Å². The van der Waals surface area contributed by atoms with E-state index in [-0.39, 0.29) is 23.8 Å². The zero-order valence-corrected chi connectivity index (χ0v) is 22.7. The van der Waals surface area contributed by atoms with E-state index in [2.05, 4.69) is 18.8 Å². The van der Waals surface area contributed by atoms with Gasteiger partial charge < -0.3 is 19.4 Å². The first kappa shape index (κ1) is 28.5. The Morgan fingerprint density at radius 1 is 1.00 bits per heavy atom. The third kappa shape index (κ3) is 7.97. The zero-order chi connectivity index (χ0) is 27.3. The van der Waals surface area contributed by atoms with E-state index in [4.69, 9.17) is 9.47 Å². The highest BCUT2D eigenvalue weighted by Gasteiger charge is 2.20. The predicted octanol–water partition coefficient (Wildman–Crippen LogP) is 7.14. The maximum absolute atomic E-state index is 13.7. The highest BCUT2D eigenvalue weighted by Crippen LogP contribution is 2.34. The van der Waals surface area contributed by atoms with Crippen LogP contribution < -0.4 is 20.3 Å². The monoisotopic (exact) mass is 514 g/mol. The number of hydrogen-bond donors (Lipinski definition) is 1. The van der Waals surface area contributed by atoms with Crippen LogP contribution in [0.2, 0.25) is 0 Å². The number of allylic oxidation sites excluding steroid dienone is 1. The summed E-state index contributed by atoms with van der Waals surface area (Å²) in [4.78, 5) is 26.3. The van der Waals surface area contributed by atoms with Gasteiger partial charge in [-0.15, -0.1) is 0 Å². The van der Waals surface area contributed by atoms with Gasteiger partial charge >= 0.3 is 0 Å². The zero-order valence-electron chi connectivity index (χ0n) is 22.7. The third-order valence-electron chi connectivity index (χ3n) is 5.97. The molecule has 3 aromatic rings. The number of hydrogen-bond acceptors (Lipinski definition) is 4. The average molecular weight is 515 g/mol. The van der Waals surface area contributed by atoms with E-state index in [1.54, 1.807) is 16.7 Å². The van der Waals surface area contributed by atoms with Crippen LogP contribution in [0, 0.1) is 0 Å². The number of anilines is 1. The summed E-state index contributed by atoms with van der Waals surface area (Å²) in [5.74, 6) is 0.324. The fourth-order valence-electron chi connectivity index (χ4n) is 4.02. The minimum absolute atomic E-state index is 0.178. The van der Waals surface area contributed by atoms with Gasteiger partial charge in [0.1, 0.15) is 13.2 Å². The molecule has 0 fully saturated rings. The van der Waals surface area contributed by atoms with Crippen LogP contribution in [-0.2, 0) is 11.3 Å². The minimum atomic E-state index is -0.254. The second-order valence-corrected chi connectivity index (χ2v) is 9.33. The summed E-state index contributed by atoms with van der Waals surface area (Å²) < 4.78 is 13.7. The largest absolute Gasteiger partial charge is 0.485 e. The van der Waals surface area contributed by atoms with Gasteiger partial charge in [0.15, 0.2) is 5.75 Å². The number of fused-ring (bicyclic) bond motifs is 1. The van der Waals surface area contributed by atoms with Gasteiger partial charge in [0.05, 0.1) is 5.52 Å². The molecule has 200 valence electrons. The molecule has 3 rings (SSSR count). The molecule has 1 N–H and O–H groups in total. The lowest BCUT2D eigenvalue weighted by Crippen LogP contribution is -2.24. The molecule has 6 nitrogen and oxygen atoms in total. The Kier molecular flexibility index (Phi) is 11.0. The highest BCUT2D eigenvalue weighted by molar-refractivity contribution is 6.03. The third-order valence-corrected chi connectivity index (χ3v) is 5.97. The Morgan fingerprint density at radius 3 is 2.47 bits per heavy atom. The summed E-state index contributed by atoms with van der Waals surface area (Å²) in [6.07, 6.45) is 10.9. The van der Waals surface area contributed by atoms with Gasteiger partial charge in [0, 0.05) is 23.7 Å². The number of aromatic nitrogens is 1. The fraction of sp³-hybridized carbons (Fsp3) is 0.312. The van der Waals surface area contributed by atoms with E-state index < -0.39 is 0 Å². The molecule has 0 saturated heterocycles. The first-order valence-corrected chi connectivity index (χ1v) is 13.2. The topological polar surface area (TPSA) is 69.6 Å². The van der Waals surface area contributed by atoms with E-state index >= 15 is 0 Å². The Bertz CT molecular complexity index is 1350. The summed E-state index contributed by atoms with van der Waals surface area (Å²) in [7, 11) is 0. The van der Waals surface area contributed by atoms with Crippen molar-refractivity contribution in [3.05, 3.63) is 94.8 Å². The first-order chi connectivity index (χ1) is 18.4. The van der Waals surface area contributed by atoms with Crippen LogP contribution in [0.3, 0.4) is 0 Å². The number of benzene rings is 2. The van der Waals surface area contributed by atoms with Crippen molar-refractivity contribution in [3.63, 3.8) is 0 Å². The number of carbonyl (C=O) groups is 1. The molecule has 0 unspecified atom stereocenters. The maximum Gasteiger partial charge on any atom is 0.297 e. The van der Waals surface area contributed by atoms with Crippen LogP contribution in [0.4, 0.5) is 5.69 Å². The van der Waals surface area contributed by atoms with Crippen molar-refractivity contribution >= 4 is 28.6 Å². The predicted molar refractivity (Wildman–Crippen MR) is 157 cm³/mol. The summed E-state index contributed by atoms with van der Waals surface area (Å²) >= 11 is 0. The first-order valence-electron chi connectivity index (χ1n) is 13.2. The van der Waals surface area contributed by atoms with E-state index in [1.807, 2.05) is 68.5 Å². The van der Waals surface area contributed by atoms with Crippen molar-refractivity contribution in [3.8, 4) is 11.5 Å². The number of nitrogens with zero attached hydrogens (tertiary/aromatic N) is 1. The lowest BCUT2D eigenvalue weighted by Gasteiger charge is -2.19. The molecule has 0 atom stereocenters. The molecule has 1 amide bonds. The lowest BCUT2D eigenvalue weighted by atomic mass is 10.1. The Hall–Kier alpha value is -4.06. The molecule has 1 aromatic heterocycles. The summed E-state index contributed by atoms with van der Waals surface area (Å²) in [6.45, 7) is 10.9. The van der Waals surface area contributed by atoms with Gasteiger partial charge in [0.2, 0.25) is 11.7 Å². The van der Waals surface area contributed by atoms with E-state index in [9.17, 15) is 9.59 Å². The van der Waals surface area contributed by atoms with Crippen molar-refractivity contribution in [2.24, 2.45) is 0 Å². The molecule has 0 aliphatic carbocycles. The minimum Gasteiger partial charge on any atom is -0.485 e. The average Bonchev–Trinajstić information content (AvgIpc) is 2.91. The number of amides is 1. The molecule has 0 radical (unpaired) electrons. The van der Waals surface area contributed by atoms with E-state index in [1.165, 1.54) is 6.08 Å². The van der Waals surface area contributed by atoms with Crippen molar-refractivity contribution in [1.29, 1.82) is 0 Å². The second-order valence-electron chi connectivity index (χ2n) is 9.33. The fourth-order valence-corrected chi connectivity index (χ4v) is 4.02. The molecule has 0 saturated carbocycles. The molecule has 0 aliphatic rings. The molecule has 2 aromatic carbocycles. The van der Waals surface area contributed by atoms with Gasteiger partial charge in [-0.05, 0) is 56.2 Å². The van der Waals surface area contributed by atoms with E-state index in [0.29, 0.717) is 30.1 Å². The normalized spacial score (nSPS) is 10.9. The molecule has 1 heterocycles. The number of unbranched alkanes of at least 4 members (excludes halogenated alkanes) is 3. The quantitative estimate of drug-likeness (QED) is 0.141. The number of carbonyl (C=O) groups excluding carboxylic acids is 1. The van der Waals surface area contributed by atoms with Crippen LogP contribution in [0.15, 0.2) is 83.7 Å². The van der Waals surface area contributed by atoms with Crippen LogP contribution in [0.5, 0.6) is 11.5 Å². The van der Waals surface area contributed by atoms with Crippen molar-refractivity contribution in [2.75, 3.05) is 18.5 Å². The van der Waals surface area contributed by atoms with Crippen molar-refractivity contribution < 1.29 is 14.3 Å². The van der Waals surface area contributed by atoms with Crippen LogP contribution in [0.1, 0.15) is 52.0 Å². The smallest absolute Gasteiger partial charge is 0.297 e. The van der Waals surface area contributed by atoms with E-state index in [0.717, 1.165) is 42.2 Å². The molecular formula is C32H38N2O4. The van der Waals surface area contributed by atoms with Gasteiger partial charge in [-0.1, -0.05) is 74.7 Å². The summed E-state index contributed by atoms with van der Waals surface area (Å²) in [5.41, 5.74) is 3.08. The molecule has 0 bridgehead atoms. The summed E-state index contributed by atoms with van der Waals surface area (Å²) in [6, 6.07) is 15.1. The van der Waals surface area contributed by atoms with Gasteiger partial charge in [-0.3, -0.25) is 9.59 Å². The van der Waals surface area contributed by atoms with Crippen molar-refractivity contribution in [1.82, 2.24) is 4.57 Å². The Labute approximate surface area is 225 Å². The number of rotatable bonds is 14. The molecular weight excluding hydrogens is 476 g/mol. The molecule has 0 aliphatic heterocycles. The number of ether oxygens (including phenoxy) is 2. The Morgan fingerprint density at radius 2 is 1.76 bits per heavy atom. The standard InChI is InChI=1S/C32H38N2O4/c1-5-7-8-12-20-34-28-23-26(33-29(35)18-15-25-13-10-9-11-14-25)16-17-27(28)30(38-22-19-24(3)4)31(32(34)36)37-21-6-2/h6,9-11,13-19,23H,2,5,7-8,12,20-22H2,1,3-4H3,(H,33,35). The Balaban J connectivity index is 2.03. The van der Waals surface area contributed by atoms with Crippen LogP contribution in [-0.4, -0.2) is 23.7 Å². The molecule has 6 heteroatoms. The van der Waals surface area contributed by atoms with Crippen LogP contribution in [0.25, 0.3) is 17.0 Å². The maximum atomic E-state index is 13.7. The number of nitrogens with one attached hydrogen (secondary N) is 1. The van der Waals surface area contributed by atoms with Crippen LogP contribution >= 0.6 is 0 Å². The second kappa shape index (κ2) is 14.6.